The van der Waals surface area contributed by atoms with Crippen molar-refractivity contribution in [2.45, 2.75) is 126 Å². The highest BCUT2D eigenvalue weighted by molar-refractivity contribution is 7.99. The quantitative estimate of drug-likeness (QED) is 0.0312. The van der Waals surface area contributed by atoms with Gasteiger partial charge in [0.05, 0.1) is 56.5 Å². The maximum absolute atomic E-state index is 10.4. The van der Waals surface area contributed by atoms with E-state index in [1.54, 1.807) is 50.8 Å². The number of benzene rings is 1. The summed E-state index contributed by atoms with van der Waals surface area (Å²) in [6, 6.07) is 5.03. The molecule has 0 unspecified atom stereocenters. The van der Waals surface area contributed by atoms with E-state index in [2.05, 4.69) is 30.9 Å². The molecule has 3 aliphatic heterocycles. The van der Waals surface area contributed by atoms with Crippen molar-refractivity contribution < 1.29 is 89.7 Å². The molecule has 384 valence electrons. The molecule has 0 radical (unpaired) electrons. The second-order valence-corrected chi connectivity index (χ2v) is 19.4. The lowest BCUT2D eigenvalue weighted by Crippen LogP contribution is -2.57. The Morgan fingerprint density at radius 3 is 0.957 bits per heavy atom. The van der Waals surface area contributed by atoms with E-state index < -0.39 is 109 Å². The molecule has 1 aromatic carbocycles. The average Bonchev–Trinajstić information content (AvgIpc) is 4.13. The van der Waals surface area contributed by atoms with Crippen LogP contribution >= 0.6 is 35.3 Å². The highest BCUT2D eigenvalue weighted by Gasteiger charge is 2.46. The molecular formula is C39H57N9O18S3. The molecule has 12 N–H and O–H groups in total. The zero-order chi connectivity index (χ0) is 49.2. The van der Waals surface area contributed by atoms with Crippen LogP contribution in [0.1, 0.15) is 17.1 Å². The predicted molar refractivity (Wildman–Crippen MR) is 238 cm³/mol. The van der Waals surface area contributed by atoms with E-state index in [9.17, 15) is 61.3 Å². The third-order valence-corrected chi connectivity index (χ3v) is 14.7. The molecule has 0 spiro atoms. The number of hydrogen-bond acceptors (Lipinski definition) is 27. The Morgan fingerprint density at radius 2 is 0.696 bits per heavy atom. The largest absolute Gasteiger partial charge is 0.491 e. The fourth-order valence-electron chi connectivity index (χ4n) is 7.23. The van der Waals surface area contributed by atoms with Crippen LogP contribution in [-0.4, -0.2) is 235 Å². The van der Waals surface area contributed by atoms with Crippen molar-refractivity contribution in [2.75, 3.05) is 39.6 Å². The van der Waals surface area contributed by atoms with E-state index in [1.165, 1.54) is 0 Å². The van der Waals surface area contributed by atoms with Gasteiger partial charge in [-0.3, -0.25) is 0 Å². The van der Waals surface area contributed by atoms with Crippen LogP contribution < -0.4 is 14.2 Å². The van der Waals surface area contributed by atoms with Gasteiger partial charge in [-0.2, -0.15) is 0 Å². The van der Waals surface area contributed by atoms with Crippen LogP contribution in [-0.2, 0) is 51.1 Å². The van der Waals surface area contributed by atoms with Crippen LogP contribution in [0, 0.1) is 0 Å². The molecule has 3 aromatic heterocycles. The molecule has 0 amide bonds. The van der Waals surface area contributed by atoms with Crippen molar-refractivity contribution in [3.63, 3.8) is 0 Å². The SMILES string of the molecule is OC[C@H]1O[C@H](SCc2cn(CCOc3cc(OCCn4cc(CS[C@H]5O[C@H](CO)[C@@H](O)[C@H](O)[C@@H]5O)nn4)cc(OCCn4cc(CS[C@H]5O[C@H](CO)[C@@H](O)[C@H](O)[C@@H]5O)nn4)c3)nn2)[C@@H](O)[C@@H](O)[C@@H]1O. The van der Waals surface area contributed by atoms with Crippen molar-refractivity contribution in [1.82, 2.24) is 45.0 Å². The molecule has 3 saturated heterocycles. The number of aromatic nitrogens is 9. The van der Waals surface area contributed by atoms with Gasteiger partial charge in [-0.25, -0.2) is 14.0 Å². The topological polar surface area (TPSA) is 390 Å². The van der Waals surface area contributed by atoms with Crippen LogP contribution in [0.4, 0.5) is 0 Å². The van der Waals surface area contributed by atoms with E-state index in [0.29, 0.717) is 34.3 Å². The second kappa shape index (κ2) is 25.2. The summed E-state index contributed by atoms with van der Waals surface area (Å²) in [5, 5.41) is 145. The van der Waals surface area contributed by atoms with E-state index in [0.717, 1.165) is 35.3 Å². The summed E-state index contributed by atoms with van der Waals surface area (Å²) in [7, 11) is 0. The normalized spacial score (nSPS) is 31.7. The fourth-order valence-corrected chi connectivity index (χ4v) is 10.4. The van der Waals surface area contributed by atoms with Gasteiger partial charge in [-0.15, -0.1) is 50.6 Å². The van der Waals surface area contributed by atoms with Crippen molar-refractivity contribution in [3.8, 4) is 17.2 Å². The van der Waals surface area contributed by atoms with E-state index in [4.69, 9.17) is 28.4 Å². The predicted octanol–water partition coefficient (Wildman–Crippen LogP) is -5.20. The Hall–Kier alpha value is -3.51. The molecule has 0 aliphatic carbocycles. The Kier molecular flexibility index (Phi) is 19.5. The van der Waals surface area contributed by atoms with Crippen LogP contribution in [0.2, 0.25) is 0 Å². The summed E-state index contributed by atoms with van der Waals surface area (Å²) >= 11 is 3.39. The van der Waals surface area contributed by atoms with Gasteiger partial charge in [0.2, 0.25) is 0 Å². The number of ether oxygens (including phenoxy) is 6. The zero-order valence-corrected chi connectivity index (χ0v) is 39.1. The first-order valence-electron chi connectivity index (χ1n) is 21.7. The lowest BCUT2D eigenvalue weighted by molar-refractivity contribution is -0.205. The molecule has 0 saturated carbocycles. The Labute approximate surface area is 405 Å². The number of nitrogens with zero attached hydrogens (tertiary/aromatic N) is 9. The summed E-state index contributed by atoms with van der Waals surface area (Å²) < 4.78 is 39.6. The number of thioether (sulfide) groups is 3. The fraction of sp³-hybridized carbons (Fsp3) is 0.692. The summed E-state index contributed by atoms with van der Waals surface area (Å²) in [4.78, 5) is 0. The van der Waals surface area contributed by atoms with Gasteiger partial charge in [0, 0.05) is 54.0 Å². The lowest BCUT2D eigenvalue weighted by atomic mass is 10.0. The molecule has 0 bridgehead atoms. The van der Waals surface area contributed by atoms with Crippen LogP contribution in [0.3, 0.4) is 0 Å². The smallest absolute Gasteiger partial charge is 0.132 e. The van der Waals surface area contributed by atoms with Gasteiger partial charge < -0.3 is 89.7 Å². The second-order valence-electron chi connectivity index (χ2n) is 16.1. The van der Waals surface area contributed by atoms with Crippen molar-refractivity contribution in [3.05, 3.63) is 53.9 Å². The summed E-state index contributed by atoms with van der Waals surface area (Å²) in [6.07, 6.45) is -11.0. The van der Waals surface area contributed by atoms with Crippen molar-refractivity contribution in [2.24, 2.45) is 0 Å². The minimum atomic E-state index is -1.49. The van der Waals surface area contributed by atoms with E-state index >= 15 is 0 Å². The molecule has 6 heterocycles. The molecule has 69 heavy (non-hydrogen) atoms. The number of aliphatic hydroxyl groups is 12. The third kappa shape index (κ3) is 13.9. The molecule has 30 heteroatoms. The van der Waals surface area contributed by atoms with Crippen molar-refractivity contribution in [1.29, 1.82) is 0 Å². The number of aliphatic hydroxyl groups excluding tert-OH is 12. The average molecular weight is 1040 g/mol. The molecule has 3 fully saturated rings. The molecule has 27 nitrogen and oxygen atoms in total. The minimum Gasteiger partial charge on any atom is -0.491 e. The maximum Gasteiger partial charge on any atom is 0.132 e. The first-order valence-corrected chi connectivity index (χ1v) is 24.9. The van der Waals surface area contributed by atoms with Gasteiger partial charge >= 0.3 is 0 Å². The van der Waals surface area contributed by atoms with E-state index in [-0.39, 0.29) is 56.7 Å². The first kappa shape index (κ1) is 53.3. The summed E-state index contributed by atoms with van der Waals surface area (Å²) in [6.45, 7) is -0.294. The van der Waals surface area contributed by atoms with Gasteiger partial charge in [0.25, 0.3) is 0 Å². The Bertz CT molecular complexity index is 1930. The lowest BCUT2D eigenvalue weighted by Gasteiger charge is -2.39. The molecule has 15 atom stereocenters. The highest BCUT2D eigenvalue weighted by Crippen LogP contribution is 2.33. The van der Waals surface area contributed by atoms with E-state index in [1.807, 2.05) is 0 Å². The van der Waals surface area contributed by atoms with Crippen LogP contribution in [0.25, 0.3) is 0 Å². The standard InChI is InChI=1S/C39H57N9O18S3/c49-13-25-28(52)31(55)34(58)37(64-25)67-16-19-10-46(43-40-19)1-4-61-22-7-23(62-5-2-47-11-20(41-44-47)17-68-38-35(59)32(56)29(53)26(14-50)65-38)9-24(8-22)63-6-3-48-12-21(42-45-48)18-69-39-36(60)33(57)30(54)27(15-51)66-39/h7-12,25-39,49-60H,1-6,13-18H2/t25-,26-,27-,28-,29-,30-,31+,32+,33+,34+,35+,36+,37-,38-,39-/m1/s1. The molecular weight excluding hydrogens is 979 g/mol. The summed E-state index contributed by atoms with van der Waals surface area (Å²) in [5.41, 5.74) is -1.13. The minimum absolute atomic E-state index is 0.150. The van der Waals surface area contributed by atoms with Crippen LogP contribution in [0.5, 0.6) is 17.2 Å². The Balaban J connectivity index is 0.922. The van der Waals surface area contributed by atoms with Gasteiger partial charge in [-0.1, -0.05) is 15.6 Å². The monoisotopic (exact) mass is 1040 g/mol. The third-order valence-electron chi connectivity index (χ3n) is 11.1. The number of hydrogen-bond donors (Lipinski definition) is 12. The number of rotatable bonds is 24. The van der Waals surface area contributed by atoms with Gasteiger partial charge in [0.1, 0.15) is 127 Å². The zero-order valence-electron chi connectivity index (χ0n) is 36.7. The molecule has 4 aromatic rings. The van der Waals surface area contributed by atoms with Gasteiger partial charge in [-0.05, 0) is 0 Å². The maximum atomic E-state index is 10.4. The van der Waals surface area contributed by atoms with Crippen LogP contribution in [0.15, 0.2) is 36.8 Å². The molecule has 3 aliphatic rings. The first-order chi connectivity index (χ1) is 33.2. The summed E-state index contributed by atoms with van der Waals surface area (Å²) in [5.74, 6) is 1.96. The highest BCUT2D eigenvalue weighted by atomic mass is 32.2. The molecule has 7 rings (SSSR count). The Morgan fingerprint density at radius 1 is 0.420 bits per heavy atom. The van der Waals surface area contributed by atoms with Gasteiger partial charge in [0.15, 0.2) is 0 Å². The van der Waals surface area contributed by atoms with Crippen molar-refractivity contribution >= 4 is 35.3 Å².